The molecule has 2 aliphatic rings. The van der Waals surface area contributed by atoms with Crippen molar-refractivity contribution in [3.05, 3.63) is 89.2 Å². The van der Waals surface area contributed by atoms with Gasteiger partial charge in [0.1, 0.15) is 23.9 Å². The number of methoxy groups -OCH3 is 1. The van der Waals surface area contributed by atoms with Crippen molar-refractivity contribution in [2.24, 2.45) is 11.3 Å². The largest absolute Gasteiger partial charge is 0.497 e. The molecule has 0 amide bonds. The lowest BCUT2D eigenvalue weighted by Gasteiger charge is -2.25. The first-order chi connectivity index (χ1) is 17.3. The van der Waals surface area contributed by atoms with Crippen LogP contribution in [0.4, 0.5) is 4.39 Å². The van der Waals surface area contributed by atoms with Gasteiger partial charge in [-0.1, -0.05) is 44.2 Å². The number of aliphatic carboxylic acids is 1. The summed E-state index contributed by atoms with van der Waals surface area (Å²) in [6.07, 6.45) is 4.98. The van der Waals surface area contributed by atoms with Gasteiger partial charge in [0.15, 0.2) is 0 Å². The molecular weight excluding hydrogens is 455 g/mol. The van der Waals surface area contributed by atoms with Crippen molar-refractivity contribution in [1.82, 2.24) is 0 Å². The third-order valence-electron chi connectivity index (χ3n) is 7.48. The van der Waals surface area contributed by atoms with Gasteiger partial charge in [-0.25, -0.2) is 4.39 Å². The average molecular weight is 487 g/mol. The summed E-state index contributed by atoms with van der Waals surface area (Å²) in [6, 6.07) is 18.6. The second-order valence-electron chi connectivity index (χ2n) is 10.4. The summed E-state index contributed by atoms with van der Waals surface area (Å²) in [4.78, 5) is 11.2. The fourth-order valence-electron chi connectivity index (χ4n) is 5.28. The van der Waals surface area contributed by atoms with E-state index in [0.717, 1.165) is 35.1 Å². The lowest BCUT2D eigenvalue weighted by Crippen LogP contribution is -2.10. The molecule has 1 N–H and O–H groups in total. The monoisotopic (exact) mass is 486 g/mol. The SMILES string of the molecule is COc1ccc(F)c(-c2ccc(COc3cccc([C@H]4C[C@H]4C(=O)O)c3)cc2C2=CCCC2(C)C)c1. The minimum absolute atomic E-state index is 0.0111. The molecule has 1 saturated carbocycles. The maximum atomic E-state index is 15.0. The first kappa shape index (κ1) is 24.1. The minimum atomic E-state index is -0.740. The standard InChI is InChI=1S/C31H31FO4/c1-31(2)13-5-8-28(31)25-14-19(9-11-23(25)26-16-21(35-3)10-12-29(26)32)18-36-22-7-4-6-20(15-22)24-17-27(24)30(33)34/h4,6-12,14-16,24,27H,5,13,17-18H2,1-3H3,(H,33,34)/t24-,27-/m1/s1. The Kier molecular flexibility index (Phi) is 6.33. The molecule has 5 rings (SSSR count). The highest BCUT2D eigenvalue weighted by atomic mass is 19.1. The van der Waals surface area contributed by atoms with E-state index in [1.54, 1.807) is 19.2 Å². The van der Waals surface area contributed by atoms with Gasteiger partial charge in [0.05, 0.1) is 13.0 Å². The molecule has 3 aromatic rings. The number of hydrogen-bond donors (Lipinski definition) is 1. The van der Waals surface area contributed by atoms with Crippen molar-refractivity contribution >= 4 is 11.5 Å². The maximum Gasteiger partial charge on any atom is 0.307 e. The predicted molar refractivity (Wildman–Crippen MR) is 139 cm³/mol. The van der Waals surface area contributed by atoms with E-state index in [0.29, 0.717) is 30.1 Å². The maximum absolute atomic E-state index is 15.0. The number of ether oxygens (including phenoxy) is 2. The van der Waals surface area contributed by atoms with E-state index in [-0.39, 0.29) is 23.1 Å². The fraction of sp³-hybridized carbons (Fsp3) is 0.323. The summed E-state index contributed by atoms with van der Waals surface area (Å²) in [6.45, 7) is 4.82. The summed E-state index contributed by atoms with van der Waals surface area (Å²) in [5, 5.41) is 9.24. The second kappa shape index (κ2) is 9.45. The predicted octanol–water partition coefficient (Wildman–Crippen LogP) is 7.47. The Morgan fingerprint density at radius 3 is 2.56 bits per heavy atom. The molecule has 0 aromatic heterocycles. The van der Waals surface area contributed by atoms with E-state index in [1.807, 2.05) is 36.4 Å². The van der Waals surface area contributed by atoms with Gasteiger partial charge in [0.2, 0.25) is 0 Å². The molecule has 2 atom stereocenters. The highest BCUT2D eigenvalue weighted by molar-refractivity contribution is 5.85. The first-order valence-corrected chi connectivity index (χ1v) is 12.4. The summed E-state index contributed by atoms with van der Waals surface area (Å²) in [5.41, 5.74) is 5.57. The molecule has 0 aliphatic heterocycles. The zero-order valence-electron chi connectivity index (χ0n) is 20.9. The van der Waals surface area contributed by atoms with Crippen LogP contribution < -0.4 is 9.47 Å². The molecule has 36 heavy (non-hydrogen) atoms. The Morgan fingerprint density at radius 1 is 1.03 bits per heavy atom. The third-order valence-corrected chi connectivity index (χ3v) is 7.48. The van der Waals surface area contributed by atoms with Gasteiger partial charge in [-0.2, -0.15) is 0 Å². The normalized spacial score (nSPS) is 20.1. The zero-order valence-corrected chi connectivity index (χ0v) is 20.9. The number of benzene rings is 3. The smallest absolute Gasteiger partial charge is 0.307 e. The Hall–Kier alpha value is -3.60. The van der Waals surface area contributed by atoms with E-state index >= 15 is 0 Å². The number of carboxylic acid groups (broad SMARTS) is 1. The van der Waals surface area contributed by atoms with Gasteiger partial charge in [0, 0.05) is 5.56 Å². The molecule has 3 aromatic carbocycles. The molecule has 1 fully saturated rings. The summed E-state index contributed by atoms with van der Waals surface area (Å²) < 4.78 is 26.5. The lowest BCUT2D eigenvalue weighted by molar-refractivity contribution is -0.138. The zero-order chi connectivity index (χ0) is 25.4. The number of hydrogen-bond acceptors (Lipinski definition) is 3. The van der Waals surface area contributed by atoms with Crippen molar-refractivity contribution in [2.75, 3.05) is 7.11 Å². The van der Waals surface area contributed by atoms with Crippen molar-refractivity contribution in [1.29, 1.82) is 0 Å². The van der Waals surface area contributed by atoms with E-state index in [1.165, 1.54) is 11.6 Å². The molecule has 0 spiro atoms. The van der Waals surface area contributed by atoms with Crippen molar-refractivity contribution in [2.45, 2.75) is 45.6 Å². The van der Waals surface area contributed by atoms with Gasteiger partial charge in [-0.05, 0) is 94.8 Å². The Morgan fingerprint density at radius 2 is 1.86 bits per heavy atom. The van der Waals surface area contributed by atoms with E-state index in [9.17, 15) is 14.3 Å². The van der Waals surface area contributed by atoms with Gasteiger partial charge in [0.25, 0.3) is 0 Å². The summed E-state index contributed by atoms with van der Waals surface area (Å²) >= 11 is 0. The van der Waals surface area contributed by atoms with E-state index in [4.69, 9.17) is 9.47 Å². The number of carboxylic acids is 1. The van der Waals surface area contributed by atoms with Gasteiger partial charge >= 0.3 is 5.97 Å². The van der Waals surface area contributed by atoms with Gasteiger partial charge < -0.3 is 14.6 Å². The molecular formula is C31H31FO4. The van der Waals surface area contributed by atoms with Crippen LogP contribution in [0.2, 0.25) is 0 Å². The number of rotatable bonds is 8. The third kappa shape index (κ3) is 4.75. The van der Waals surface area contributed by atoms with Crippen LogP contribution in [0, 0.1) is 17.2 Å². The van der Waals surface area contributed by atoms with Crippen LogP contribution in [0.3, 0.4) is 0 Å². The molecule has 4 nitrogen and oxygen atoms in total. The highest BCUT2D eigenvalue weighted by Gasteiger charge is 2.44. The number of halogens is 1. The quantitative estimate of drug-likeness (QED) is 0.359. The Bertz CT molecular complexity index is 1340. The topological polar surface area (TPSA) is 55.8 Å². The van der Waals surface area contributed by atoms with Crippen molar-refractivity contribution in [3.8, 4) is 22.6 Å². The average Bonchev–Trinajstić information content (AvgIpc) is 3.60. The van der Waals surface area contributed by atoms with E-state index in [2.05, 4.69) is 26.0 Å². The molecule has 0 bridgehead atoms. The van der Waals surface area contributed by atoms with Crippen LogP contribution in [0.25, 0.3) is 16.7 Å². The van der Waals surface area contributed by atoms with Crippen LogP contribution in [0.5, 0.6) is 11.5 Å². The van der Waals surface area contributed by atoms with E-state index < -0.39 is 5.97 Å². The molecule has 0 radical (unpaired) electrons. The molecule has 0 saturated heterocycles. The van der Waals surface area contributed by atoms with Crippen molar-refractivity contribution in [3.63, 3.8) is 0 Å². The van der Waals surface area contributed by atoms with Crippen LogP contribution in [0.15, 0.2) is 66.7 Å². The summed E-state index contributed by atoms with van der Waals surface area (Å²) in [5.74, 6) is 0.0738. The van der Waals surface area contributed by atoms with Crippen LogP contribution in [0.1, 0.15) is 55.7 Å². The van der Waals surface area contributed by atoms with Gasteiger partial charge in [-0.3, -0.25) is 4.79 Å². The molecule has 5 heteroatoms. The van der Waals surface area contributed by atoms with Crippen molar-refractivity contribution < 1.29 is 23.8 Å². The molecule has 0 unspecified atom stereocenters. The number of allylic oxidation sites excluding steroid dienone is 2. The summed E-state index contributed by atoms with van der Waals surface area (Å²) in [7, 11) is 1.58. The molecule has 0 heterocycles. The number of carbonyl (C=O) groups is 1. The Balaban J connectivity index is 1.44. The second-order valence-corrected chi connectivity index (χ2v) is 10.4. The highest BCUT2D eigenvalue weighted by Crippen LogP contribution is 2.49. The molecule has 186 valence electrons. The molecule has 2 aliphatic carbocycles. The fourth-order valence-corrected chi connectivity index (χ4v) is 5.28. The first-order valence-electron chi connectivity index (χ1n) is 12.4. The van der Waals surface area contributed by atoms with Gasteiger partial charge in [-0.15, -0.1) is 0 Å². The Labute approximate surface area is 211 Å². The minimum Gasteiger partial charge on any atom is -0.497 e. The lowest BCUT2D eigenvalue weighted by atomic mass is 9.79. The van der Waals surface area contributed by atoms with Crippen LogP contribution in [-0.2, 0) is 11.4 Å². The van der Waals surface area contributed by atoms with Crippen LogP contribution in [-0.4, -0.2) is 18.2 Å². The van der Waals surface area contributed by atoms with Crippen LogP contribution >= 0.6 is 0 Å².